The van der Waals surface area contributed by atoms with Gasteiger partial charge in [-0.3, -0.25) is 14.4 Å². The van der Waals surface area contributed by atoms with Crippen LogP contribution in [0.1, 0.15) is 111 Å². The van der Waals surface area contributed by atoms with Gasteiger partial charge in [0.05, 0.1) is 48.3 Å². The second kappa shape index (κ2) is 11.9. The van der Waals surface area contributed by atoms with E-state index in [1.54, 1.807) is 20.8 Å². The third kappa shape index (κ3) is 4.81. The number of nitrogens with two attached hydrogens (primary N) is 1. The predicted molar refractivity (Wildman–Crippen MR) is 175 cm³/mol. The number of fused-ring (bicyclic) bond motifs is 2. The molecule has 4 aliphatic heterocycles. The minimum absolute atomic E-state index is 0.224. The van der Waals surface area contributed by atoms with Crippen LogP contribution in [0.5, 0.6) is 5.75 Å². The van der Waals surface area contributed by atoms with Crippen LogP contribution in [0, 0.1) is 0 Å². The largest absolute Gasteiger partial charge is 0.507 e. The zero-order chi connectivity index (χ0) is 36.4. The molecule has 1 saturated carbocycles. The van der Waals surface area contributed by atoms with Gasteiger partial charge in [0.25, 0.3) is 0 Å². The Kier molecular flexibility index (Phi) is 8.29. The van der Waals surface area contributed by atoms with Crippen molar-refractivity contribution in [1.82, 2.24) is 0 Å². The number of rotatable bonds is 5. The minimum Gasteiger partial charge on any atom is -0.507 e. The molecule has 0 aromatic heterocycles. The highest BCUT2D eigenvalue weighted by Gasteiger charge is 2.96. The van der Waals surface area contributed by atoms with E-state index in [1.165, 1.54) is 12.1 Å². The van der Waals surface area contributed by atoms with E-state index in [9.17, 15) is 34.8 Å². The molecule has 14 unspecified atom stereocenters. The van der Waals surface area contributed by atoms with Crippen molar-refractivity contribution in [1.29, 1.82) is 0 Å². The highest BCUT2D eigenvalue weighted by Crippen LogP contribution is 2.71. The topological polar surface area (TPSA) is 217 Å². The minimum atomic E-state index is -2.88. The summed E-state index contributed by atoms with van der Waals surface area (Å²) in [6, 6.07) is 2.65. The Morgan fingerprint density at radius 1 is 0.863 bits per heavy atom. The van der Waals surface area contributed by atoms with Gasteiger partial charge in [0.2, 0.25) is 17.2 Å². The number of benzene rings is 1. The van der Waals surface area contributed by atoms with Crippen molar-refractivity contribution in [2.75, 3.05) is 0 Å². The van der Waals surface area contributed by atoms with Crippen molar-refractivity contribution in [2.24, 2.45) is 5.73 Å². The highest BCUT2D eigenvalue weighted by atomic mass is 16.7. The van der Waals surface area contributed by atoms with Gasteiger partial charge in [-0.25, -0.2) is 0 Å². The Bertz CT molecular complexity index is 1700. The van der Waals surface area contributed by atoms with Crippen LogP contribution in [-0.4, -0.2) is 115 Å². The number of ketones is 3. The van der Waals surface area contributed by atoms with Crippen molar-refractivity contribution in [3.8, 4) is 5.75 Å². The molecule has 0 amide bonds. The summed E-state index contributed by atoms with van der Waals surface area (Å²) in [4.78, 5) is 43.1. The Morgan fingerprint density at radius 3 is 2.27 bits per heavy atom. The number of Topliss-reactive ketones (excluding diaryl/α,β-unsaturated/α-hetero) is 2. The van der Waals surface area contributed by atoms with Gasteiger partial charge < -0.3 is 54.6 Å². The van der Waals surface area contributed by atoms with Gasteiger partial charge in [-0.1, -0.05) is 11.6 Å². The summed E-state index contributed by atoms with van der Waals surface area (Å²) in [5.74, 6) is -3.10. The third-order valence-corrected chi connectivity index (χ3v) is 12.6. The number of carbonyl (C=O) groups is 3. The van der Waals surface area contributed by atoms with E-state index in [1.807, 2.05) is 6.92 Å². The van der Waals surface area contributed by atoms with Crippen LogP contribution in [-0.2, 0) is 33.2 Å². The molecule has 7 aliphatic rings. The Morgan fingerprint density at radius 2 is 1.57 bits per heavy atom. The summed E-state index contributed by atoms with van der Waals surface area (Å²) >= 11 is 0. The molecule has 14 atom stereocenters. The van der Waals surface area contributed by atoms with Crippen molar-refractivity contribution in [2.45, 2.75) is 163 Å². The second-order valence-electron chi connectivity index (χ2n) is 15.7. The van der Waals surface area contributed by atoms with E-state index in [0.717, 1.165) is 6.08 Å². The van der Waals surface area contributed by atoms with Crippen LogP contribution in [0.2, 0.25) is 0 Å². The molecule has 8 rings (SSSR count). The van der Waals surface area contributed by atoms with Crippen LogP contribution in [0.4, 0.5) is 0 Å². The first-order valence-corrected chi connectivity index (χ1v) is 18.1. The van der Waals surface area contributed by atoms with Gasteiger partial charge in [0.1, 0.15) is 11.4 Å². The standard InChI is InChI=1S/C37H47NO13/c1-16-13-26(40)36(45)34(44,14-16)27(50-29-11-7-22(38)17(2)47-29)15-35-33(43)30-21(32(42)37(35,36)51-35)6-5-20(31(30)41)25-10-9-24(19(4)46-25)49-28-12-8-23(39)18(3)48-28/h5-6,13,17-19,22-25,27-29,39,41,44-45H,7-12,14-15,38H2,1-4H3. The maximum atomic E-state index is 14.7. The van der Waals surface area contributed by atoms with E-state index in [2.05, 4.69) is 0 Å². The molecule has 0 bridgehead atoms. The monoisotopic (exact) mass is 713 g/mol. The predicted octanol–water partition coefficient (Wildman–Crippen LogP) is 1.81. The molecule has 5 fully saturated rings. The van der Waals surface area contributed by atoms with Crippen LogP contribution in [0.15, 0.2) is 23.8 Å². The van der Waals surface area contributed by atoms with Crippen LogP contribution < -0.4 is 5.73 Å². The molecule has 1 aromatic carbocycles. The average molecular weight is 714 g/mol. The van der Waals surface area contributed by atoms with Crippen molar-refractivity contribution in [3.05, 3.63) is 40.5 Å². The number of ether oxygens (including phenoxy) is 6. The van der Waals surface area contributed by atoms with Crippen LogP contribution in [0.3, 0.4) is 0 Å². The number of phenols is 1. The summed E-state index contributed by atoms with van der Waals surface area (Å²) in [5.41, 5.74) is -3.41. The van der Waals surface area contributed by atoms with Crippen molar-refractivity contribution >= 4 is 17.3 Å². The van der Waals surface area contributed by atoms with Gasteiger partial charge in [-0.2, -0.15) is 0 Å². The number of epoxide rings is 1. The molecule has 0 radical (unpaired) electrons. The van der Waals surface area contributed by atoms with E-state index in [0.29, 0.717) is 49.7 Å². The van der Waals surface area contributed by atoms with E-state index >= 15 is 0 Å². The van der Waals surface area contributed by atoms with Gasteiger partial charge in [-0.05, 0) is 71.9 Å². The molecule has 1 aromatic rings. The molecule has 6 N–H and O–H groups in total. The molecule has 0 spiro atoms. The number of phenolic OH excluding ortho intramolecular Hbond substituents is 1. The zero-order valence-electron chi connectivity index (χ0n) is 29.2. The molecule has 3 aliphatic carbocycles. The fourth-order valence-corrected chi connectivity index (χ4v) is 9.58. The maximum absolute atomic E-state index is 14.7. The van der Waals surface area contributed by atoms with Crippen LogP contribution >= 0.6 is 0 Å². The SMILES string of the molecule is CC1=CC(=O)C2(O)C(O)(C1)C(OC1CCC(N)C(C)O1)CC13OC12C(=O)c1ccc(C2CCC(OC4CCC(O)C(C)O4)C(C)O2)c(O)c1C3=O. The lowest BCUT2D eigenvalue weighted by molar-refractivity contribution is -0.286. The first-order valence-electron chi connectivity index (χ1n) is 18.1. The zero-order valence-corrected chi connectivity index (χ0v) is 29.2. The highest BCUT2D eigenvalue weighted by molar-refractivity contribution is 6.29. The van der Waals surface area contributed by atoms with Gasteiger partial charge in [0, 0.05) is 36.4 Å². The Hall–Kier alpha value is -2.63. The quantitative estimate of drug-likeness (QED) is 0.275. The lowest BCUT2D eigenvalue weighted by Gasteiger charge is -2.55. The van der Waals surface area contributed by atoms with Gasteiger partial charge >= 0.3 is 0 Å². The lowest BCUT2D eigenvalue weighted by atomic mass is 9.50. The number of aliphatic hydroxyl groups excluding tert-OH is 1. The first kappa shape index (κ1) is 35.4. The molecule has 4 saturated heterocycles. The normalized spacial score (nSPS) is 47.8. The third-order valence-electron chi connectivity index (χ3n) is 12.6. The van der Waals surface area contributed by atoms with Crippen molar-refractivity contribution in [3.63, 3.8) is 0 Å². The van der Waals surface area contributed by atoms with Gasteiger partial charge in [-0.15, -0.1) is 0 Å². The number of hydrogen-bond donors (Lipinski definition) is 5. The Labute approximate surface area is 295 Å². The second-order valence-corrected chi connectivity index (χ2v) is 15.7. The molecular weight excluding hydrogens is 666 g/mol. The number of hydrogen-bond acceptors (Lipinski definition) is 14. The molecule has 51 heavy (non-hydrogen) atoms. The lowest BCUT2D eigenvalue weighted by Crippen LogP contribution is -2.80. The average Bonchev–Trinajstić information content (AvgIpc) is 3.79. The number of carbonyl (C=O) groups excluding carboxylic acids is 3. The van der Waals surface area contributed by atoms with Crippen molar-refractivity contribution < 1.29 is 63.2 Å². The summed E-state index contributed by atoms with van der Waals surface area (Å²) in [5, 5.41) is 46.6. The smallest absolute Gasteiger partial charge is 0.207 e. The number of aromatic hydroxyl groups is 1. The Balaban J connectivity index is 1.10. The summed E-state index contributed by atoms with van der Waals surface area (Å²) in [6.07, 6.45) is -1.82. The van der Waals surface area contributed by atoms with Crippen LogP contribution in [0.25, 0.3) is 0 Å². The van der Waals surface area contributed by atoms with E-state index < -0.39 is 82.5 Å². The molecule has 14 heteroatoms. The summed E-state index contributed by atoms with van der Waals surface area (Å²) < 4.78 is 36.7. The summed E-state index contributed by atoms with van der Waals surface area (Å²) in [6.45, 7) is 7.06. The number of aliphatic hydroxyl groups is 3. The fourth-order valence-electron chi connectivity index (χ4n) is 9.58. The molecule has 14 nitrogen and oxygen atoms in total. The fraction of sp³-hybridized carbons (Fsp3) is 0.703. The first-order chi connectivity index (χ1) is 24.1. The molecular formula is C37H47NO13. The van der Waals surface area contributed by atoms with E-state index in [-0.39, 0.29) is 48.3 Å². The summed E-state index contributed by atoms with van der Waals surface area (Å²) in [7, 11) is 0. The molecule has 278 valence electrons. The van der Waals surface area contributed by atoms with Gasteiger partial charge in [0.15, 0.2) is 29.6 Å². The molecule has 4 heterocycles. The maximum Gasteiger partial charge on any atom is 0.207 e. The van der Waals surface area contributed by atoms with E-state index in [4.69, 9.17) is 34.2 Å².